The Labute approximate surface area is 185 Å². The molecule has 0 radical (unpaired) electrons. The lowest BCUT2D eigenvalue weighted by Crippen LogP contribution is -2.27. The predicted octanol–water partition coefficient (Wildman–Crippen LogP) is 3.74. The number of hydrogen-bond acceptors (Lipinski definition) is 8. The van der Waals surface area contributed by atoms with Crippen molar-refractivity contribution in [3.8, 4) is 11.4 Å². The average molecular weight is 467 g/mol. The van der Waals surface area contributed by atoms with Gasteiger partial charge in [-0.1, -0.05) is 30.3 Å². The largest absolute Gasteiger partial charge is 0.274 e. The first-order valence-corrected chi connectivity index (χ1v) is 11.6. The Hall–Kier alpha value is -3.90. The molecule has 0 amide bonds. The number of hydrogen-bond donors (Lipinski definition) is 0. The van der Waals surface area contributed by atoms with Crippen LogP contribution in [0, 0.1) is 10.1 Å². The molecule has 2 aromatic carbocycles. The van der Waals surface area contributed by atoms with Crippen LogP contribution in [-0.2, 0) is 10.0 Å². The summed E-state index contributed by atoms with van der Waals surface area (Å²) >= 11 is 1.10. The van der Waals surface area contributed by atoms with Crippen LogP contribution in [-0.4, -0.2) is 40.0 Å². The Morgan fingerprint density at radius 3 is 2.62 bits per heavy atom. The topological polar surface area (TPSA) is 124 Å². The number of nitrogens with zero attached hydrogens (tertiary/aromatic N) is 6. The van der Waals surface area contributed by atoms with Crippen molar-refractivity contribution >= 4 is 49.5 Å². The second-order valence-electron chi connectivity index (χ2n) is 6.82. The van der Waals surface area contributed by atoms with Gasteiger partial charge in [0.2, 0.25) is 5.65 Å². The fourth-order valence-electron chi connectivity index (χ4n) is 3.38. The number of nitro benzene ring substituents is 1. The lowest BCUT2D eigenvalue weighted by Gasteiger charge is -2.18. The van der Waals surface area contributed by atoms with Crippen molar-refractivity contribution in [1.29, 1.82) is 0 Å². The monoisotopic (exact) mass is 466 g/mol. The van der Waals surface area contributed by atoms with E-state index < -0.39 is 14.9 Å². The highest BCUT2D eigenvalue weighted by molar-refractivity contribution is 7.94. The number of non-ortho nitro benzene ring substituents is 1. The molecule has 0 N–H and O–H groups in total. The predicted molar refractivity (Wildman–Crippen MR) is 120 cm³/mol. The molecule has 0 spiro atoms. The number of nitro groups is 1. The van der Waals surface area contributed by atoms with Crippen LogP contribution < -0.4 is 4.31 Å². The van der Waals surface area contributed by atoms with Gasteiger partial charge in [0.05, 0.1) is 16.0 Å². The number of aromatic nitrogens is 4. The normalized spacial score (nSPS) is 11.8. The van der Waals surface area contributed by atoms with E-state index >= 15 is 0 Å². The van der Waals surface area contributed by atoms with Gasteiger partial charge >= 0.3 is 0 Å². The Morgan fingerprint density at radius 1 is 1.06 bits per heavy atom. The standard InChI is InChI=1S/C20H14N6O4S2/c1-24(32(29,30)17-10-5-11-31-17)19-20-23-22-18(13-6-4-7-14(12-13)26(27)28)25(20)16-9-3-2-8-15(16)21-19/h2-12H,1H3. The van der Waals surface area contributed by atoms with Gasteiger partial charge in [-0.25, -0.2) is 17.7 Å². The number of anilines is 1. The van der Waals surface area contributed by atoms with Crippen LogP contribution in [0.3, 0.4) is 0 Å². The number of fused-ring (bicyclic) bond motifs is 3. The third-order valence-electron chi connectivity index (χ3n) is 4.94. The second kappa shape index (κ2) is 7.35. The highest BCUT2D eigenvalue weighted by Crippen LogP contribution is 2.32. The Balaban J connectivity index is 1.80. The minimum atomic E-state index is -3.86. The number of sulfonamides is 1. The van der Waals surface area contributed by atoms with Crippen LogP contribution in [0.4, 0.5) is 11.5 Å². The molecule has 5 aromatic rings. The maximum Gasteiger partial charge on any atom is 0.274 e. The minimum absolute atomic E-state index is 0.0878. The lowest BCUT2D eigenvalue weighted by atomic mass is 10.2. The molecule has 0 saturated carbocycles. The van der Waals surface area contributed by atoms with Crippen molar-refractivity contribution in [3.05, 3.63) is 76.2 Å². The fraction of sp³-hybridized carbons (Fsp3) is 0.0500. The number of benzene rings is 2. The summed E-state index contributed by atoms with van der Waals surface area (Å²) in [5, 5.41) is 21.4. The van der Waals surface area contributed by atoms with Gasteiger partial charge in [-0.2, -0.15) is 0 Å². The fourth-order valence-corrected chi connectivity index (χ4v) is 5.69. The summed E-state index contributed by atoms with van der Waals surface area (Å²) in [4.78, 5) is 15.3. The zero-order chi connectivity index (χ0) is 22.5. The van der Waals surface area contributed by atoms with Crippen molar-refractivity contribution in [1.82, 2.24) is 19.6 Å². The van der Waals surface area contributed by atoms with Crippen molar-refractivity contribution < 1.29 is 13.3 Å². The molecule has 0 saturated heterocycles. The first-order valence-electron chi connectivity index (χ1n) is 9.29. The van der Waals surface area contributed by atoms with Gasteiger partial charge in [-0.3, -0.25) is 14.5 Å². The van der Waals surface area contributed by atoms with E-state index in [1.54, 1.807) is 46.2 Å². The number of para-hydroxylation sites is 2. The second-order valence-corrected chi connectivity index (χ2v) is 9.96. The molecule has 0 aliphatic carbocycles. The molecule has 0 aliphatic rings. The van der Waals surface area contributed by atoms with E-state index in [9.17, 15) is 18.5 Å². The molecule has 32 heavy (non-hydrogen) atoms. The smallest absolute Gasteiger partial charge is 0.270 e. The molecule has 3 heterocycles. The van der Waals surface area contributed by atoms with Gasteiger partial charge in [0.25, 0.3) is 15.7 Å². The summed E-state index contributed by atoms with van der Waals surface area (Å²) in [5.41, 5.74) is 1.76. The molecule has 0 aliphatic heterocycles. The Morgan fingerprint density at radius 2 is 1.88 bits per heavy atom. The zero-order valence-electron chi connectivity index (χ0n) is 16.5. The molecule has 0 bridgehead atoms. The molecule has 12 heteroatoms. The van der Waals surface area contributed by atoms with E-state index in [0.29, 0.717) is 22.4 Å². The average Bonchev–Trinajstić information content (AvgIpc) is 3.49. The summed E-state index contributed by atoms with van der Waals surface area (Å²) in [6, 6.07) is 16.4. The molecule has 10 nitrogen and oxygen atoms in total. The first kappa shape index (κ1) is 20.0. The molecular weight excluding hydrogens is 452 g/mol. The van der Waals surface area contributed by atoms with Crippen LogP contribution in [0.5, 0.6) is 0 Å². The number of thiophene rings is 1. The van der Waals surface area contributed by atoms with Gasteiger partial charge in [-0.05, 0) is 23.6 Å². The van der Waals surface area contributed by atoms with Crippen LogP contribution in [0.1, 0.15) is 0 Å². The first-order chi connectivity index (χ1) is 15.4. The number of rotatable bonds is 5. The van der Waals surface area contributed by atoms with E-state index in [2.05, 4.69) is 15.2 Å². The van der Waals surface area contributed by atoms with E-state index in [1.165, 1.54) is 25.2 Å². The van der Waals surface area contributed by atoms with Crippen molar-refractivity contribution in [2.45, 2.75) is 4.21 Å². The summed E-state index contributed by atoms with van der Waals surface area (Å²) < 4.78 is 29.2. The van der Waals surface area contributed by atoms with Crippen molar-refractivity contribution in [3.63, 3.8) is 0 Å². The summed E-state index contributed by atoms with van der Waals surface area (Å²) in [6.07, 6.45) is 0. The van der Waals surface area contributed by atoms with Gasteiger partial charge in [0.15, 0.2) is 11.6 Å². The van der Waals surface area contributed by atoms with Gasteiger partial charge in [-0.15, -0.1) is 21.5 Å². The quantitative estimate of drug-likeness (QED) is 0.285. The molecule has 0 atom stereocenters. The van der Waals surface area contributed by atoms with Crippen LogP contribution in [0.25, 0.3) is 28.1 Å². The Bertz CT molecular complexity index is 1600. The van der Waals surface area contributed by atoms with E-state index in [0.717, 1.165) is 15.6 Å². The molecule has 0 unspecified atom stereocenters. The minimum Gasteiger partial charge on any atom is -0.270 e. The maximum absolute atomic E-state index is 13.1. The Kier molecular flexibility index (Phi) is 4.60. The zero-order valence-corrected chi connectivity index (χ0v) is 18.1. The van der Waals surface area contributed by atoms with Crippen LogP contribution in [0.2, 0.25) is 0 Å². The van der Waals surface area contributed by atoms with Gasteiger partial charge < -0.3 is 0 Å². The van der Waals surface area contributed by atoms with E-state index in [4.69, 9.17) is 0 Å². The SMILES string of the molecule is CN(c1nc2ccccc2n2c(-c3cccc([N+](=O)[O-])c3)nnc12)S(=O)(=O)c1cccs1. The van der Waals surface area contributed by atoms with Crippen LogP contribution in [0.15, 0.2) is 70.3 Å². The molecule has 160 valence electrons. The third kappa shape index (κ3) is 3.08. The van der Waals surface area contributed by atoms with Crippen molar-refractivity contribution in [2.24, 2.45) is 0 Å². The third-order valence-corrected chi connectivity index (χ3v) is 8.06. The highest BCUT2D eigenvalue weighted by atomic mass is 32.2. The van der Waals surface area contributed by atoms with E-state index in [-0.39, 0.29) is 21.4 Å². The lowest BCUT2D eigenvalue weighted by molar-refractivity contribution is -0.384. The van der Waals surface area contributed by atoms with Crippen LogP contribution >= 0.6 is 11.3 Å². The molecular formula is C20H14N6O4S2. The summed E-state index contributed by atoms with van der Waals surface area (Å²) in [7, 11) is -2.45. The maximum atomic E-state index is 13.1. The summed E-state index contributed by atoms with van der Waals surface area (Å²) in [6.45, 7) is 0. The van der Waals surface area contributed by atoms with E-state index in [1.807, 2.05) is 6.07 Å². The highest BCUT2D eigenvalue weighted by Gasteiger charge is 2.28. The summed E-state index contributed by atoms with van der Waals surface area (Å²) in [5.74, 6) is 0.437. The molecule has 5 rings (SSSR count). The van der Waals surface area contributed by atoms with Gasteiger partial charge in [0.1, 0.15) is 4.21 Å². The molecule has 0 fully saturated rings. The molecule has 3 aromatic heterocycles. The van der Waals surface area contributed by atoms with Gasteiger partial charge in [0, 0.05) is 24.7 Å². The van der Waals surface area contributed by atoms with Crippen molar-refractivity contribution in [2.75, 3.05) is 11.4 Å².